The first-order valence-corrected chi connectivity index (χ1v) is 35.6. The molecule has 0 radical (unpaired) electrons. The molecule has 0 saturated carbocycles. The molecule has 1 heterocycles. The number of carbonyl (C=O) groups excluding carboxylic acids is 1. The van der Waals surface area contributed by atoms with Crippen LogP contribution in [0.3, 0.4) is 0 Å². The fraction of sp³-hybridized carbons (Fsp3) is 0.957. The molecule has 1 aliphatic rings. The molecule has 1 aliphatic heterocycles. The maximum atomic E-state index is 13.2. The van der Waals surface area contributed by atoms with E-state index >= 15 is 0 Å². The Morgan fingerprint density at radius 1 is 0.420 bits per heavy atom. The van der Waals surface area contributed by atoms with Crippen molar-refractivity contribution in [3.8, 4) is 0 Å². The number of hydrogen-bond donors (Lipinski definition) is 8. The summed E-state index contributed by atoms with van der Waals surface area (Å²) in [6.07, 6.45) is 61.6. The Kier molecular flexibility index (Phi) is 56.9. The average Bonchev–Trinajstić information content (AvgIpc) is 3.49. The molecule has 0 bridgehead atoms. The van der Waals surface area contributed by atoms with Crippen molar-refractivity contribution in [2.45, 2.75) is 416 Å². The van der Waals surface area contributed by atoms with Crippen LogP contribution in [0, 0.1) is 0 Å². The molecule has 8 N–H and O–H groups in total. The third-order valence-electron chi connectivity index (χ3n) is 17.6. The molecule has 1 amide bonds. The molecule has 0 spiro atoms. The van der Waals surface area contributed by atoms with Crippen molar-refractivity contribution in [1.29, 1.82) is 0 Å². The highest BCUT2D eigenvalue weighted by Gasteiger charge is 2.44. The third-order valence-corrected chi connectivity index (χ3v) is 17.6. The second-order valence-corrected chi connectivity index (χ2v) is 25.3. The number of carbonyl (C=O) groups is 1. The minimum Gasteiger partial charge on any atom is -0.394 e. The molecule has 1 fully saturated rings. The van der Waals surface area contributed by atoms with E-state index in [0.717, 1.165) is 32.1 Å². The van der Waals surface area contributed by atoms with E-state index in [0.29, 0.717) is 12.8 Å². The van der Waals surface area contributed by atoms with Crippen LogP contribution < -0.4 is 5.32 Å². The van der Waals surface area contributed by atoms with Gasteiger partial charge in [-0.15, -0.1) is 0 Å². The third kappa shape index (κ3) is 46.7. The molecule has 11 nitrogen and oxygen atoms in total. The van der Waals surface area contributed by atoms with Gasteiger partial charge in [-0.2, -0.15) is 0 Å². The fourth-order valence-corrected chi connectivity index (χ4v) is 11.9. The Hall–Kier alpha value is -1.15. The normalized spacial score (nSPS) is 19.1. The molecule has 9 atom stereocenters. The van der Waals surface area contributed by atoms with Crippen LogP contribution in [-0.4, -0.2) is 110 Å². The van der Waals surface area contributed by atoms with Crippen molar-refractivity contribution >= 4 is 5.91 Å². The van der Waals surface area contributed by atoms with E-state index < -0.39 is 74.2 Å². The van der Waals surface area contributed by atoms with Gasteiger partial charge >= 0.3 is 0 Å². The Labute approximate surface area is 500 Å². The standard InChI is InChI=1S/C70H137NO10/c1-3-5-7-9-11-13-15-17-19-21-23-25-27-28-29-30-31-32-33-34-36-37-39-41-43-45-47-49-51-53-55-57-62(73)65(75)61(60-80-70-68(78)67(77)66(76)64(59-72)81-70)71-69(79)63(74)58-56-54-52-50-48-46-44-42-40-38-35-26-24-22-20-18-16-14-12-10-8-6-4-2/h49,51,61-68,70,72-78H,3-48,50,52-60H2,1-2H3,(H,71,79)/b51-49+. The Morgan fingerprint density at radius 3 is 1.06 bits per heavy atom. The van der Waals surface area contributed by atoms with Gasteiger partial charge in [0.2, 0.25) is 5.91 Å². The zero-order valence-electron chi connectivity index (χ0n) is 53.3. The van der Waals surface area contributed by atoms with Gasteiger partial charge in [0.25, 0.3) is 0 Å². The zero-order chi connectivity index (χ0) is 58.9. The molecule has 9 unspecified atom stereocenters. The maximum absolute atomic E-state index is 13.2. The lowest BCUT2D eigenvalue weighted by molar-refractivity contribution is -0.303. The lowest BCUT2D eigenvalue weighted by Gasteiger charge is -2.40. The monoisotopic (exact) mass is 1150 g/mol. The van der Waals surface area contributed by atoms with E-state index in [2.05, 4.69) is 31.3 Å². The van der Waals surface area contributed by atoms with Crippen LogP contribution in [0.1, 0.15) is 361 Å². The van der Waals surface area contributed by atoms with Crippen molar-refractivity contribution < 1.29 is 50.0 Å². The topological polar surface area (TPSA) is 189 Å². The van der Waals surface area contributed by atoms with Crippen LogP contribution in [0.2, 0.25) is 0 Å². The maximum Gasteiger partial charge on any atom is 0.249 e. The lowest BCUT2D eigenvalue weighted by Crippen LogP contribution is -2.60. The number of amides is 1. The summed E-state index contributed by atoms with van der Waals surface area (Å²) in [7, 11) is 0. The number of hydrogen-bond acceptors (Lipinski definition) is 10. The van der Waals surface area contributed by atoms with Crippen molar-refractivity contribution in [3.63, 3.8) is 0 Å². The molecular weight excluding hydrogens is 1010 g/mol. The molecule has 81 heavy (non-hydrogen) atoms. The quantitative estimate of drug-likeness (QED) is 0.0215. The van der Waals surface area contributed by atoms with Crippen LogP contribution in [0.15, 0.2) is 12.2 Å². The molecule has 1 saturated heterocycles. The van der Waals surface area contributed by atoms with E-state index in [9.17, 15) is 40.5 Å². The number of ether oxygens (including phenoxy) is 2. The predicted octanol–water partition coefficient (Wildman–Crippen LogP) is 17.0. The largest absolute Gasteiger partial charge is 0.394 e. The van der Waals surface area contributed by atoms with E-state index in [1.54, 1.807) is 0 Å². The van der Waals surface area contributed by atoms with Crippen molar-refractivity contribution in [1.82, 2.24) is 5.32 Å². The number of aliphatic hydroxyl groups is 7. The first-order valence-electron chi connectivity index (χ1n) is 35.6. The number of nitrogens with one attached hydrogen (secondary N) is 1. The molecule has 0 aromatic rings. The van der Waals surface area contributed by atoms with Gasteiger partial charge in [-0.3, -0.25) is 4.79 Å². The van der Waals surface area contributed by atoms with E-state index in [-0.39, 0.29) is 12.8 Å². The minimum atomic E-state index is -1.67. The van der Waals surface area contributed by atoms with Crippen LogP contribution in [0.25, 0.3) is 0 Å². The van der Waals surface area contributed by atoms with Crippen LogP contribution in [0.5, 0.6) is 0 Å². The van der Waals surface area contributed by atoms with Crippen molar-refractivity contribution in [3.05, 3.63) is 12.2 Å². The molecule has 1 rings (SSSR count). The number of allylic oxidation sites excluding steroid dienone is 2. The lowest BCUT2D eigenvalue weighted by atomic mass is 9.98. The summed E-state index contributed by atoms with van der Waals surface area (Å²) < 4.78 is 11.2. The SMILES string of the molecule is CCCCCCCCCCCCCCCCCCCCCCCCCCCC/C=C/CCCC(O)C(O)C(COC1OC(CO)C(O)C(O)C1O)NC(=O)C(O)CCCCCCCCCCCCCCCCCCCCCCCCC. The smallest absolute Gasteiger partial charge is 0.249 e. The van der Waals surface area contributed by atoms with Gasteiger partial charge in [0.05, 0.1) is 25.4 Å². The van der Waals surface area contributed by atoms with Gasteiger partial charge in [0.1, 0.15) is 36.6 Å². The van der Waals surface area contributed by atoms with Gasteiger partial charge < -0.3 is 50.5 Å². The average molecular weight is 1150 g/mol. The van der Waals surface area contributed by atoms with Crippen LogP contribution in [0.4, 0.5) is 0 Å². The highest BCUT2D eigenvalue weighted by molar-refractivity contribution is 5.80. The highest BCUT2D eigenvalue weighted by atomic mass is 16.7. The van der Waals surface area contributed by atoms with Crippen LogP contribution in [-0.2, 0) is 14.3 Å². The summed E-state index contributed by atoms with van der Waals surface area (Å²) in [4.78, 5) is 13.2. The van der Waals surface area contributed by atoms with E-state index in [1.165, 1.54) is 289 Å². The number of rotatable bonds is 63. The summed E-state index contributed by atoms with van der Waals surface area (Å²) in [6.45, 7) is 3.51. The van der Waals surface area contributed by atoms with Crippen molar-refractivity contribution in [2.24, 2.45) is 0 Å². The minimum absolute atomic E-state index is 0.260. The molecule has 482 valence electrons. The van der Waals surface area contributed by atoms with Crippen LogP contribution >= 0.6 is 0 Å². The van der Waals surface area contributed by atoms with Gasteiger partial charge in [-0.1, -0.05) is 334 Å². The van der Waals surface area contributed by atoms with Crippen molar-refractivity contribution in [2.75, 3.05) is 13.2 Å². The Bertz CT molecular complexity index is 1320. The van der Waals surface area contributed by atoms with E-state index in [4.69, 9.17) is 9.47 Å². The van der Waals surface area contributed by atoms with Gasteiger partial charge in [0, 0.05) is 0 Å². The fourth-order valence-electron chi connectivity index (χ4n) is 11.9. The summed E-state index contributed by atoms with van der Waals surface area (Å²) in [6, 6.07) is -1.18. The summed E-state index contributed by atoms with van der Waals surface area (Å²) in [5.74, 6) is -0.698. The van der Waals surface area contributed by atoms with Gasteiger partial charge in [-0.25, -0.2) is 0 Å². The number of unbranched alkanes of at least 4 members (excludes halogenated alkanes) is 49. The molecule has 0 aliphatic carbocycles. The molecule has 0 aromatic heterocycles. The summed E-state index contributed by atoms with van der Waals surface area (Å²) in [5.41, 5.74) is 0. The van der Waals surface area contributed by atoms with E-state index in [1.807, 2.05) is 0 Å². The number of aliphatic hydroxyl groups excluding tert-OH is 7. The molecule has 0 aromatic carbocycles. The molecule has 11 heteroatoms. The Morgan fingerprint density at radius 2 is 0.728 bits per heavy atom. The summed E-state index contributed by atoms with van der Waals surface area (Å²) in [5, 5.41) is 76.5. The second-order valence-electron chi connectivity index (χ2n) is 25.3. The van der Waals surface area contributed by atoms with Gasteiger partial charge in [0.15, 0.2) is 6.29 Å². The first kappa shape index (κ1) is 77.9. The first-order chi connectivity index (χ1) is 39.7. The summed E-state index contributed by atoms with van der Waals surface area (Å²) >= 11 is 0. The molecular formula is C70H137NO10. The highest BCUT2D eigenvalue weighted by Crippen LogP contribution is 2.24. The second kappa shape index (κ2) is 59.2. The Balaban J connectivity index is 2.20. The predicted molar refractivity (Wildman–Crippen MR) is 339 cm³/mol. The zero-order valence-corrected chi connectivity index (χ0v) is 53.3. The van der Waals surface area contributed by atoms with Gasteiger partial charge in [-0.05, 0) is 38.5 Å².